The molecule has 3 aromatic heterocycles. The normalized spacial score (nSPS) is 10.3. The van der Waals surface area contributed by atoms with E-state index in [9.17, 15) is 10.1 Å². The van der Waals surface area contributed by atoms with Gasteiger partial charge in [0.05, 0.1) is 12.8 Å². The van der Waals surface area contributed by atoms with E-state index >= 15 is 0 Å². The molecule has 0 radical (unpaired) electrons. The van der Waals surface area contributed by atoms with Crippen LogP contribution in [0, 0.1) is 11.3 Å². The van der Waals surface area contributed by atoms with E-state index in [0.717, 1.165) is 0 Å². The smallest absolute Gasteiger partial charge is 0.343 e. The minimum Gasteiger partial charge on any atom is -0.462 e. The first-order valence-corrected chi connectivity index (χ1v) is 9.15. The summed E-state index contributed by atoms with van der Waals surface area (Å²) in [5.74, 6) is 0.517. The molecule has 9 nitrogen and oxygen atoms in total. The number of aromatic nitrogens is 5. The number of nitriles is 1. The Balaban J connectivity index is 2.09. The van der Waals surface area contributed by atoms with Gasteiger partial charge in [0, 0.05) is 12.4 Å². The highest BCUT2D eigenvalue weighted by molar-refractivity contribution is 7.98. The number of nitrogens with one attached hydrogen (secondary N) is 1. The summed E-state index contributed by atoms with van der Waals surface area (Å²) in [5, 5.41) is 17.1. The monoisotopic (exact) mass is 381 g/mol. The Morgan fingerprint density at radius 2 is 2.22 bits per heavy atom. The van der Waals surface area contributed by atoms with Crippen molar-refractivity contribution < 1.29 is 9.53 Å². The minimum absolute atomic E-state index is 0.160. The zero-order valence-corrected chi connectivity index (χ0v) is 15.4. The molecule has 0 aliphatic carbocycles. The summed E-state index contributed by atoms with van der Waals surface area (Å²) in [6, 6.07) is 7.40. The Morgan fingerprint density at radius 1 is 1.37 bits per heavy atom. The van der Waals surface area contributed by atoms with Gasteiger partial charge in [0.2, 0.25) is 0 Å². The van der Waals surface area contributed by atoms with Crippen molar-refractivity contribution in [1.29, 1.82) is 5.26 Å². The van der Waals surface area contributed by atoms with Gasteiger partial charge < -0.3 is 10.1 Å². The van der Waals surface area contributed by atoms with E-state index < -0.39 is 5.97 Å². The third-order valence-corrected chi connectivity index (χ3v) is 4.00. The molecule has 0 saturated carbocycles. The van der Waals surface area contributed by atoms with Crippen molar-refractivity contribution in [2.24, 2.45) is 0 Å². The molecule has 0 unspecified atom stereocenters. The largest absolute Gasteiger partial charge is 0.462 e. The van der Waals surface area contributed by atoms with E-state index in [1.54, 1.807) is 31.3 Å². The molecule has 3 aromatic rings. The lowest BCUT2D eigenvalue weighted by atomic mass is 10.3. The Labute approximate surface area is 159 Å². The average Bonchev–Trinajstić information content (AvgIpc) is 3.11. The van der Waals surface area contributed by atoms with Crippen LogP contribution in [-0.2, 0) is 4.74 Å². The van der Waals surface area contributed by atoms with Crippen LogP contribution in [0.2, 0.25) is 0 Å². The summed E-state index contributed by atoms with van der Waals surface area (Å²) >= 11 is 1.33. The van der Waals surface area contributed by atoms with E-state index in [4.69, 9.17) is 4.74 Å². The zero-order chi connectivity index (χ0) is 19.2. The van der Waals surface area contributed by atoms with Crippen molar-refractivity contribution in [3.05, 3.63) is 47.9 Å². The van der Waals surface area contributed by atoms with Crippen molar-refractivity contribution in [3.63, 3.8) is 0 Å². The topological polar surface area (TPSA) is 119 Å². The number of hydrogen-bond donors (Lipinski definition) is 1. The fourth-order valence-corrected chi connectivity index (χ4v) is 2.57. The van der Waals surface area contributed by atoms with Gasteiger partial charge in [-0.15, -0.1) is 0 Å². The lowest BCUT2D eigenvalue weighted by molar-refractivity contribution is 0.0526. The predicted molar refractivity (Wildman–Crippen MR) is 99.1 cm³/mol. The van der Waals surface area contributed by atoms with Crippen LogP contribution in [0.15, 0.2) is 41.9 Å². The Hall–Kier alpha value is -3.45. The molecule has 27 heavy (non-hydrogen) atoms. The summed E-state index contributed by atoms with van der Waals surface area (Å²) in [5.41, 5.74) is 0.437. The van der Waals surface area contributed by atoms with E-state index in [0.29, 0.717) is 16.8 Å². The van der Waals surface area contributed by atoms with Crippen LogP contribution in [0.25, 0.3) is 5.82 Å². The standard InChI is InChI=1S/C17H15N7O2S/c1-3-26-16(25)12-10-20-17(27-2)23-14(12)22-15-11(8-18)9-21-24(15)13-6-4-5-7-19-13/h4-7,9-10H,3H2,1-2H3,(H,20,22,23). The summed E-state index contributed by atoms with van der Waals surface area (Å²) < 4.78 is 6.53. The molecule has 0 amide bonds. The van der Waals surface area contributed by atoms with Crippen molar-refractivity contribution in [2.45, 2.75) is 12.1 Å². The first kappa shape index (κ1) is 18.3. The molecule has 3 heterocycles. The number of thioether (sulfide) groups is 1. The molecular formula is C17H15N7O2S. The quantitative estimate of drug-likeness (QED) is 0.390. The van der Waals surface area contributed by atoms with Gasteiger partial charge in [-0.25, -0.2) is 19.7 Å². The van der Waals surface area contributed by atoms with Gasteiger partial charge >= 0.3 is 5.97 Å². The highest BCUT2D eigenvalue weighted by atomic mass is 32.2. The maximum Gasteiger partial charge on any atom is 0.343 e. The van der Waals surface area contributed by atoms with Crippen molar-refractivity contribution >= 4 is 29.4 Å². The average molecular weight is 381 g/mol. The fourth-order valence-electron chi connectivity index (χ4n) is 2.23. The molecule has 0 aliphatic heterocycles. The molecule has 0 spiro atoms. The molecule has 0 atom stereocenters. The summed E-state index contributed by atoms with van der Waals surface area (Å²) in [6.07, 6.45) is 6.25. The van der Waals surface area contributed by atoms with E-state index in [1.165, 1.54) is 28.8 Å². The first-order chi connectivity index (χ1) is 13.2. The first-order valence-electron chi connectivity index (χ1n) is 7.92. The zero-order valence-electron chi connectivity index (χ0n) is 14.6. The van der Waals surface area contributed by atoms with Gasteiger partial charge in [0.15, 0.2) is 22.6 Å². The van der Waals surface area contributed by atoms with Gasteiger partial charge in [-0.05, 0) is 25.3 Å². The molecule has 3 rings (SSSR count). The summed E-state index contributed by atoms with van der Waals surface area (Å²) in [7, 11) is 0. The highest BCUT2D eigenvalue weighted by Gasteiger charge is 2.20. The molecular weight excluding hydrogens is 366 g/mol. The minimum atomic E-state index is -0.560. The van der Waals surface area contributed by atoms with Crippen molar-refractivity contribution in [1.82, 2.24) is 24.7 Å². The van der Waals surface area contributed by atoms with Crippen LogP contribution in [0.1, 0.15) is 22.8 Å². The van der Waals surface area contributed by atoms with Crippen LogP contribution >= 0.6 is 11.8 Å². The SMILES string of the molecule is CCOC(=O)c1cnc(SC)nc1Nc1c(C#N)cnn1-c1ccccn1. The third-order valence-electron chi connectivity index (χ3n) is 3.44. The lowest BCUT2D eigenvalue weighted by Crippen LogP contribution is -2.13. The maximum atomic E-state index is 12.3. The second-order valence-corrected chi connectivity index (χ2v) is 5.86. The van der Waals surface area contributed by atoms with E-state index in [2.05, 4.69) is 31.4 Å². The molecule has 0 aromatic carbocycles. The molecule has 1 N–H and O–H groups in total. The number of rotatable bonds is 6. The summed E-state index contributed by atoms with van der Waals surface area (Å²) in [6.45, 7) is 1.93. The highest BCUT2D eigenvalue weighted by Crippen LogP contribution is 2.25. The molecule has 0 fully saturated rings. The predicted octanol–water partition coefficient (Wildman–Crippen LogP) is 2.57. The second-order valence-electron chi connectivity index (χ2n) is 5.08. The number of esters is 1. The maximum absolute atomic E-state index is 12.3. The van der Waals surface area contributed by atoms with Crippen LogP contribution in [0.5, 0.6) is 0 Å². The number of hydrogen-bond acceptors (Lipinski definition) is 9. The molecule has 136 valence electrons. The van der Waals surface area contributed by atoms with E-state index in [1.807, 2.05) is 6.26 Å². The lowest BCUT2D eigenvalue weighted by Gasteiger charge is -2.12. The number of anilines is 2. The summed E-state index contributed by atoms with van der Waals surface area (Å²) in [4.78, 5) is 25.0. The number of pyridine rings is 1. The number of ether oxygens (including phenoxy) is 1. The Kier molecular flexibility index (Phi) is 5.63. The van der Waals surface area contributed by atoms with Gasteiger partial charge in [-0.2, -0.15) is 15.0 Å². The van der Waals surface area contributed by atoms with Gasteiger partial charge in [-0.3, -0.25) is 0 Å². The molecule has 0 saturated heterocycles. The molecule has 0 bridgehead atoms. The number of nitrogens with zero attached hydrogens (tertiary/aromatic N) is 6. The Bertz CT molecular complexity index is 998. The van der Waals surface area contributed by atoms with Crippen molar-refractivity contribution in [3.8, 4) is 11.9 Å². The second kappa shape index (κ2) is 8.29. The number of carbonyl (C=O) groups excluding carboxylic acids is 1. The number of carbonyl (C=O) groups is 1. The third kappa shape index (κ3) is 3.88. The van der Waals surface area contributed by atoms with Crippen LogP contribution < -0.4 is 5.32 Å². The molecule has 0 aliphatic rings. The van der Waals surface area contributed by atoms with Gasteiger partial charge in [0.1, 0.15) is 17.2 Å². The van der Waals surface area contributed by atoms with Crippen molar-refractivity contribution in [2.75, 3.05) is 18.2 Å². The van der Waals surface area contributed by atoms with Gasteiger partial charge in [-0.1, -0.05) is 17.8 Å². The van der Waals surface area contributed by atoms with Crippen LogP contribution in [0.3, 0.4) is 0 Å². The van der Waals surface area contributed by atoms with Gasteiger partial charge in [0.25, 0.3) is 0 Å². The van der Waals surface area contributed by atoms with Crippen LogP contribution in [0.4, 0.5) is 11.6 Å². The Morgan fingerprint density at radius 3 is 2.89 bits per heavy atom. The molecule has 10 heteroatoms. The van der Waals surface area contributed by atoms with E-state index in [-0.39, 0.29) is 23.6 Å². The fraction of sp³-hybridized carbons (Fsp3) is 0.176. The van der Waals surface area contributed by atoms with Crippen LogP contribution in [-0.4, -0.2) is 43.6 Å².